The summed E-state index contributed by atoms with van der Waals surface area (Å²) >= 11 is 7.13. The number of hydrogen-bond donors (Lipinski definition) is 0. The van der Waals surface area contributed by atoms with E-state index in [-0.39, 0.29) is 22.7 Å². The lowest BCUT2D eigenvalue weighted by Crippen LogP contribution is -2.08. The van der Waals surface area contributed by atoms with Crippen molar-refractivity contribution in [3.8, 4) is 0 Å². The summed E-state index contributed by atoms with van der Waals surface area (Å²) in [6.45, 7) is 0. The van der Waals surface area contributed by atoms with E-state index in [9.17, 15) is 19.7 Å². The Balaban J connectivity index is 3.51. The maximum Gasteiger partial charge on any atom is 0.282 e. The Kier molecular flexibility index (Phi) is 4.36. The number of benzene rings is 1. The first-order valence-corrected chi connectivity index (χ1v) is 5.65. The highest BCUT2D eigenvalue weighted by Gasteiger charge is 2.23. The van der Waals surface area contributed by atoms with Crippen molar-refractivity contribution in [1.29, 1.82) is 0 Å². The van der Waals surface area contributed by atoms with E-state index in [1.165, 1.54) is 6.07 Å². The van der Waals surface area contributed by atoms with Crippen molar-refractivity contribution in [3.63, 3.8) is 0 Å². The van der Waals surface area contributed by atoms with E-state index in [1.807, 2.05) is 0 Å². The number of Topliss-reactive ketones (excluding diaryl/α,β-unsaturated/α-hetero) is 1. The Morgan fingerprint density at radius 1 is 1.56 bits per heavy atom. The summed E-state index contributed by atoms with van der Waals surface area (Å²) in [6.07, 6.45) is 0.490. The normalized spacial score (nSPS) is 9.88. The minimum absolute atomic E-state index is 0.0498. The van der Waals surface area contributed by atoms with E-state index in [1.54, 1.807) is 22.6 Å². The van der Waals surface area contributed by atoms with Crippen LogP contribution < -0.4 is 0 Å². The fourth-order valence-corrected chi connectivity index (χ4v) is 2.24. The third-order valence-electron chi connectivity index (χ3n) is 1.82. The molecular formula is C9H5ClINO4. The van der Waals surface area contributed by atoms with Crippen LogP contribution in [0.2, 0.25) is 0 Å². The van der Waals surface area contributed by atoms with Crippen molar-refractivity contribution in [1.82, 2.24) is 0 Å². The lowest BCUT2D eigenvalue weighted by molar-refractivity contribution is -0.385. The maximum absolute atomic E-state index is 11.4. The number of carbonyl (C=O) groups is 2. The molecule has 0 aromatic heterocycles. The lowest BCUT2D eigenvalue weighted by Gasteiger charge is -2.03. The van der Waals surface area contributed by atoms with Crippen LogP contribution in [0.5, 0.6) is 0 Å². The second kappa shape index (κ2) is 5.35. The van der Waals surface area contributed by atoms with Gasteiger partial charge in [0.25, 0.3) is 5.69 Å². The van der Waals surface area contributed by atoms with Crippen molar-refractivity contribution in [2.75, 3.05) is 5.88 Å². The standard InChI is InChI=1S/C9H5ClINO4/c10-3-8(14)9-6(11)1-5(4-13)2-7(9)12(15)16/h1-2,4H,3H2. The van der Waals surface area contributed by atoms with Gasteiger partial charge in [-0.05, 0) is 28.7 Å². The Bertz CT molecular complexity index is 475. The second-order valence-corrected chi connectivity index (χ2v) is 4.26. The summed E-state index contributed by atoms with van der Waals surface area (Å²) in [5.74, 6) is -0.868. The molecule has 84 valence electrons. The number of hydrogen-bond acceptors (Lipinski definition) is 4. The molecule has 16 heavy (non-hydrogen) atoms. The third-order valence-corrected chi connectivity index (χ3v) is 2.92. The molecule has 0 fully saturated rings. The summed E-state index contributed by atoms with van der Waals surface area (Å²) < 4.78 is 0.347. The van der Waals surface area contributed by atoms with Crippen molar-refractivity contribution in [2.45, 2.75) is 0 Å². The molecule has 0 radical (unpaired) electrons. The molecule has 0 saturated heterocycles. The van der Waals surface area contributed by atoms with Crippen LogP contribution in [0.4, 0.5) is 5.69 Å². The van der Waals surface area contributed by atoms with Crippen LogP contribution in [0, 0.1) is 13.7 Å². The molecule has 0 bridgehead atoms. The number of carbonyl (C=O) groups excluding carboxylic acids is 2. The van der Waals surface area contributed by atoms with Crippen molar-refractivity contribution in [2.24, 2.45) is 0 Å². The zero-order chi connectivity index (χ0) is 12.3. The Morgan fingerprint density at radius 3 is 2.62 bits per heavy atom. The highest BCUT2D eigenvalue weighted by atomic mass is 127. The molecule has 0 heterocycles. The van der Waals surface area contributed by atoms with Gasteiger partial charge in [0, 0.05) is 15.2 Å². The smallest absolute Gasteiger partial charge is 0.282 e. The van der Waals surface area contributed by atoms with Crippen LogP contribution in [-0.2, 0) is 0 Å². The Labute approximate surface area is 109 Å². The van der Waals surface area contributed by atoms with E-state index in [0.29, 0.717) is 9.86 Å². The molecule has 1 aromatic rings. The van der Waals surface area contributed by atoms with Gasteiger partial charge in [-0.2, -0.15) is 0 Å². The molecule has 1 aromatic carbocycles. The van der Waals surface area contributed by atoms with Crippen molar-refractivity contribution < 1.29 is 14.5 Å². The van der Waals surface area contributed by atoms with E-state index < -0.39 is 10.7 Å². The fraction of sp³-hybridized carbons (Fsp3) is 0.111. The number of nitro benzene ring substituents is 1. The first kappa shape index (κ1) is 13.0. The fourth-order valence-electron chi connectivity index (χ4n) is 1.17. The predicted octanol–water partition coefficient (Wildman–Crippen LogP) is 2.43. The first-order valence-electron chi connectivity index (χ1n) is 4.03. The third kappa shape index (κ3) is 2.56. The topological polar surface area (TPSA) is 77.3 Å². The summed E-state index contributed by atoms with van der Waals surface area (Å²) in [4.78, 5) is 32.0. The molecule has 0 aliphatic rings. The van der Waals surface area contributed by atoms with E-state index in [4.69, 9.17) is 11.6 Å². The molecule has 0 N–H and O–H groups in total. The van der Waals surface area contributed by atoms with Crippen molar-refractivity contribution >= 4 is 51.9 Å². The Morgan fingerprint density at radius 2 is 2.19 bits per heavy atom. The van der Waals surface area contributed by atoms with E-state index in [2.05, 4.69) is 0 Å². The first-order chi connectivity index (χ1) is 7.51. The number of nitro groups is 1. The van der Waals surface area contributed by atoms with Crippen LogP contribution in [0.1, 0.15) is 20.7 Å². The van der Waals surface area contributed by atoms with Crippen LogP contribution in [-0.4, -0.2) is 22.9 Å². The highest BCUT2D eigenvalue weighted by Crippen LogP contribution is 2.26. The summed E-state index contributed by atoms with van der Waals surface area (Å²) in [5, 5.41) is 10.8. The molecule has 0 aliphatic carbocycles. The van der Waals surface area contributed by atoms with Gasteiger partial charge in [0.1, 0.15) is 11.8 Å². The molecule has 0 amide bonds. The van der Waals surface area contributed by atoms with Crippen LogP contribution >= 0.6 is 34.2 Å². The number of aldehydes is 1. The Hall–Kier alpha value is -1.02. The molecule has 0 spiro atoms. The minimum atomic E-state index is -0.699. The van der Waals surface area contributed by atoms with Gasteiger partial charge in [0.05, 0.1) is 10.8 Å². The van der Waals surface area contributed by atoms with Crippen LogP contribution in [0.3, 0.4) is 0 Å². The lowest BCUT2D eigenvalue weighted by atomic mass is 10.1. The summed E-state index contributed by atoms with van der Waals surface area (Å²) in [7, 11) is 0. The summed E-state index contributed by atoms with van der Waals surface area (Å²) in [6, 6.07) is 2.47. The van der Waals surface area contributed by atoms with Gasteiger partial charge in [-0.1, -0.05) is 0 Å². The van der Waals surface area contributed by atoms with Gasteiger partial charge >= 0.3 is 0 Å². The van der Waals surface area contributed by atoms with Crippen molar-refractivity contribution in [3.05, 3.63) is 36.9 Å². The molecule has 0 unspecified atom stereocenters. The summed E-state index contributed by atoms with van der Waals surface area (Å²) in [5.41, 5.74) is -0.284. The zero-order valence-electron chi connectivity index (χ0n) is 7.78. The molecule has 5 nitrogen and oxygen atoms in total. The SMILES string of the molecule is O=Cc1cc(I)c(C(=O)CCl)c([N+](=O)[O-])c1. The monoisotopic (exact) mass is 353 g/mol. The molecule has 1 rings (SSSR count). The average Bonchev–Trinajstić information content (AvgIpc) is 2.26. The minimum Gasteiger partial charge on any atom is -0.298 e. The van der Waals surface area contributed by atoms with Crippen LogP contribution in [0.15, 0.2) is 12.1 Å². The van der Waals surface area contributed by atoms with E-state index in [0.717, 1.165) is 6.07 Å². The molecular weight excluding hydrogens is 348 g/mol. The largest absolute Gasteiger partial charge is 0.298 e. The molecule has 0 aliphatic heterocycles. The van der Waals surface area contributed by atoms with Gasteiger partial charge in [0.15, 0.2) is 5.78 Å². The van der Waals surface area contributed by atoms with Gasteiger partial charge in [-0.3, -0.25) is 19.7 Å². The number of alkyl halides is 1. The average molecular weight is 353 g/mol. The van der Waals surface area contributed by atoms with Crippen LogP contribution in [0.25, 0.3) is 0 Å². The van der Waals surface area contributed by atoms with E-state index >= 15 is 0 Å². The van der Waals surface area contributed by atoms with Gasteiger partial charge in [-0.25, -0.2) is 0 Å². The highest BCUT2D eigenvalue weighted by molar-refractivity contribution is 14.1. The maximum atomic E-state index is 11.4. The quantitative estimate of drug-likeness (QED) is 0.208. The second-order valence-electron chi connectivity index (χ2n) is 2.83. The number of nitrogens with zero attached hydrogens (tertiary/aromatic N) is 1. The number of halogens is 2. The zero-order valence-corrected chi connectivity index (χ0v) is 10.7. The molecule has 7 heteroatoms. The van der Waals surface area contributed by atoms with Gasteiger partial charge < -0.3 is 0 Å². The molecule has 0 atom stereocenters. The molecule has 0 saturated carbocycles. The van der Waals surface area contributed by atoms with Gasteiger partial charge in [0.2, 0.25) is 0 Å². The number of rotatable bonds is 4. The predicted molar refractivity (Wildman–Crippen MR) is 66.3 cm³/mol. The van der Waals surface area contributed by atoms with Gasteiger partial charge in [-0.15, -0.1) is 11.6 Å². The number of ketones is 1.